The van der Waals surface area contributed by atoms with Gasteiger partial charge in [-0.1, -0.05) is 44.4 Å². The molecular formula is C23H34O3S. The number of carbonyl (C=O) groups excluding carboxylic acids is 1. The molecule has 2 bridgehead atoms. The van der Waals surface area contributed by atoms with E-state index >= 15 is 0 Å². The van der Waals surface area contributed by atoms with Crippen LogP contribution in [0.2, 0.25) is 0 Å². The fraction of sp³-hybridized carbons (Fsp3) is 0.739. The number of hydrogen-bond donors (Lipinski definition) is 1. The first-order valence-electron chi connectivity index (χ1n) is 10.7. The van der Waals surface area contributed by atoms with Crippen molar-refractivity contribution >= 4 is 23.5 Å². The van der Waals surface area contributed by atoms with E-state index in [1.54, 1.807) is 0 Å². The molecule has 4 atom stereocenters. The van der Waals surface area contributed by atoms with E-state index in [-0.39, 0.29) is 11.8 Å². The molecule has 1 saturated carbocycles. The van der Waals surface area contributed by atoms with Crippen molar-refractivity contribution in [2.75, 3.05) is 0 Å². The number of hydrogen-bond acceptors (Lipinski definition) is 3. The van der Waals surface area contributed by atoms with Crippen LogP contribution in [-0.2, 0) is 9.59 Å². The Morgan fingerprint density at radius 3 is 2.59 bits per heavy atom. The lowest BCUT2D eigenvalue weighted by Gasteiger charge is -2.31. The molecule has 0 unspecified atom stereocenters. The fourth-order valence-corrected chi connectivity index (χ4v) is 7.07. The molecule has 2 saturated heterocycles. The van der Waals surface area contributed by atoms with Crippen molar-refractivity contribution in [3.8, 4) is 0 Å². The number of rotatable bonds is 9. The van der Waals surface area contributed by atoms with Crippen molar-refractivity contribution in [3.63, 3.8) is 0 Å². The molecular weight excluding hydrogens is 356 g/mol. The van der Waals surface area contributed by atoms with Gasteiger partial charge in [0.1, 0.15) is 0 Å². The van der Waals surface area contributed by atoms with E-state index in [0.29, 0.717) is 29.3 Å². The zero-order chi connectivity index (χ0) is 19.3. The quantitative estimate of drug-likeness (QED) is 0.307. The predicted octanol–water partition coefficient (Wildman–Crippen LogP) is 5.79. The van der Waals surface area contributed by atoms with Gasteiger partial charge >= 0.3 is 5.97 Å². The van der Waals surface area contributed by atoms with E-state index in [1.165, 1.54) is 32.1 Å². The van der Waals surface area contributed by atoms with E-state index in [2.05, 4.69) is 36.9 Å². The number of carbonyl (C=O) groups is 2. The first-order chi connectivity index (χ1) is 13.0. The van der Waals surface area contributed by atoms with Crippen LogP contribution in [0.5, 0.6) is 0 Å². The molecule has 0 spiro atoms. The molecule has 3 fully saturated rings. The maximum atomic E-state index is 12.8. The molecule has 1 aliphatic carbocycles. The number of unbranched alkanes of at least 4 members (excludes halogenated alkanes) is 1. The largest absolute Gasteiger partial charge is 0.481 e. The Balaban J connectivity index is 1.54. The smallest absolute Gasteiger partial charge is 0.303 e. The monoisotopic (exact) mass is 390 g/mol. The first-order valence-corrected chi connectivity index (χ1v) is 11.7. The van der Waals surface area contributed by atoms with Crippen LogP contribution in [0.4, 0.5) is 0 Å². The Labute approximate surface area is 168 Å². The Bertz CT molecular complexity index is 588. The predicted molar refractivity (Wildman–Crippen MR) is 112 cm³/mol. The summed E-state index contributed by atoms with van der Waals surface area (Å²) in [5.74, 6) is 0.786. The lowest BCUT2D eigenvalue weighted by atomic mass is 9.72. The zero-order valence-electron chi connectivity index (χ0n) is 16.6. The third kappa shape index (κ3) is 5.28. The fourth-order valence-electron chi connectivity index (χ4n) is 5.11. The van der Waals surface area contributed by atoms with Gasteiger partial charge < -0.3 is 5.11 Å². The molecule has 2 aliphatic heterocycles. The summed E-state index contributed by atoms with van der Waals surface area (Å²) < 4.78 is 0. The van der Waals surface area contributed by atoms with E-state index < -0.39 is 5.97 Å². The Hall–Kier alpha value is -1.03. The number of thioether (sulfide) groups is 1. The summed E-state index contributed by atoms with van der Waals surface area (Å²) in [6, 6.07) is 0. The van der Waals surface area contributed by atoms with Crippen LogP contribution in [0, 0.1) is 17.3 Å². The molecule has 3 aliphatic rings. The van der Waals surface area contributed by atoms with Crippen molar-refractivity contribution in [2.24, 2.45) is 17.3 Å². The Morgan fingerprint density at radius 1 is 1.11 bits per heavy atom. The van der Waals surface area contributed by atoms with Gasteiger partial charge in [0.25, 0.3) is 0 Å². The molecule has 0 amide bonds. The maximum absolute atomic E-state index is 12.8. The second kappa shape index (κ2) is 9.45. The number of fused-ring (bicyclic) bond motifs is 2. The summed E-state index contributed by atoms with van der Waals surface area (Å²) in [4.78, 5) is 23.4. The number of carboxylic acids is 1. The standard InChI is InChI=1S/C23H34O3S/c1-23(15-7-4-8-16-23)21(24)14-11-18-17(19-12-13-20(18)27-19)9-5-2-3-6-10-22(25)26/h2,5,11,14,17-20H,3-4,6-10,12-13,15-16H2,1H3,(H,25,26)/b5-2-,14-11+/t17-,18+,19-,20+/m1/s1. The van der Waals surface area contributed by atoms with Gasteiger partial charge in [-0.3, -0.25) is 9.59 Å². The van der Waals surface area contributed by atoms with Crippen LogP contribution >= 0.6 is 11.8 Å². The van der Waals surface area contributed by atoms with E-state index in [4.69, 9.17) is 5.11 Å². The second-order valence-electron chi connectivity index (χ2n) is 8.87. The van der Waals surface area contributed by atoms with Crippen molar-refractivity contribution < 1.29 is 14.7 Å². The maximum Gasteiger partial charge on any atom is 0.303 e. The number of aliphatic carboxylic acids is 1. The van der Waals surface area contributed by atoms with Crippen LogP contribution in [-0.4, -0.2) is 27.4 Å². The highest BCUT2D eigenvalue weighted by Crippen LogP contribution is 2.54. The van der Waals surface area contributed by atoms with Crippen molar-refractivity contribution in [3.05, 3.63) is 24.3 Å². The number of allylic oxidation sites excluding steroid dienone is 4. The highest BCUT2D eigenvalue weighted by molar-refractivity contribution is 8.01. The first kappa shape index (κ1) is 20.7. The lowest BCUT2D eigenvalue weighted by molar-refractivity contribution is -0.137. The Morgan fingerprint density at radius 2 is 1.85 bits per heavy atom. The summed E-state index contributed by atoms with van der Waals surface area (Å²) in [6.45, 7) is 2.16. The minimum atomic E-state index is -0.713. The molecule has 4 heteroatoms. The molecule has 0 aromatic heterocycles. The summed E-state index contributed by atoms with van der Waals surface area (Å²) >= 11 is 2.13. The number of carboxylic acid groups (broad SMARTS) is 1. The van der Waals surface area contributed by atoms with Crippen LogP contribution < -0.4 is 0 Å². The van der Waals surface area contributed by atoms with Gasteiger partial charge in [0, 0.05) is 22.3 Å². The SMILES string of the molecule is CC1(C(=O)/C=C/[C@H]2[C@@H](C/C=C\CCCC(=O)O)[C@H]3CC[C@@H]2S3)CCCCC1. The minimum Gasteiger partial charge on any atom is -0.481 e. The summed E-state index contributed by atoms with van der Waals surface area (Å²) in [6.07, 6.45) is 19.8. The lowest BCUT2D eigenvalue weighted by Crippen LogP contribution is -2.30. The molecule has 0 aromatic carbocycles. The van der Waals surface area contributed by atoms with Crippen LogP contribution in [0.3, 0.4) is 0 Å². The van der Waals surface area contributed by atoms with Gasteiger partial charge in [-0.15, -0.1) is 0 Å². The van der Waals surface area contributed by atoms with E-state index in [0.717, 1.165) is 30.9 Å². The molecule has 3 rings (SSSR count). The summed E-state index contributed by atoms with van der Waals surface area (Å²) in [5.41, 5.74) is -0.126. The van der Waals surface area contributed by atoms with Crippen LogP contribution in [0.15, 0.2) is 24.3 Å². The molecule has 0 radical (unpaired) electrons. The van der Waals surface area contributed by atoms with Crippen molar-refractivity contribution in [1.29, 1.82) is 0 Å². The second-order valence-corrected chi connectivity index (χ2v) is 10.4. The summed E-state index contributed by atoms with van der Waals surface area (Å²) in [7, 11) is 0. The Kier molecular flexibility index (Phi) is 7.24. The molecule has 0 aromatic rings. The third-order valence-corrected chi connectivity index (χ3v) is 8.68. The van der Waals surface area contributed by atoms with Crippen molar-refractivity contribution in [1.82, 2.24) is 0 Å². The van der Waals surface area contributed by atoms with Crippen LogP contribution in [0.25, 0.3) is 0 Å². The van der Waals surface area contributed by atoms with Crippen LogP contribution in [0.1, 0.15) is 77.6 Å². The van der Waals surface area contributed by atoms with Gasteiger partial charge in [-0.05, 0) is 62.9 Å². The van der Waals surface area contributed by atoms with Gasteiger partial charge in [0.2, 0.25) is 0 Å². The average Bonchev–Trinajstić information content (AvgIpc) is 3.24. The summed E-state index contributed by atoms with van der Waals surface area (Å²) in [5, 5.41) is 10.1. The normalized spacial score (nSPS) is 32.5. The highest BCUT2D eigenvalue weighted by Gasteiger charge is 2.46. The van der Waals surface area contributed by atoms with Gasteiger partial charge in [-0.2, -0.15) is 11.8 Å². The van der Waals surface area contributed by atoms with E-state index in [9.17, 15) is 9.59 Å². The zero-order valence-corrected chi connectivity index (χ0v) is 17.4. The van der Waals surface area contributed by atoms with Gasteiger partial charge in [-0.25, -0.2) is 0 Å². The third-order valence-electron chi connectivity index (χ3n) is 6.84. The number of ketones is 1. The van der Waals surface area contributed by atoms with Gasteiger partial charge in [0.05, 0.1) is 0 Å². The minimum absolute atomic E-state index is 0.126. The van der Waals surface area contributed by atoms with E-state index in [1.807, 2.05) is 6.08 Å². The molecule has 150 valence electrons. The average molecular weight is 391 g/mol. The van der Waals surface area contributed by atoms with Crippen molar-refractivity contribution in [2.45, 2.75) is 88.1 Å². The molecule has 27 heavy (non-hydrogen) atoms. The molecule has 1 N–H and O–H groups in total. The molecule has 2 heterocycles. The highest BCUT2D eigenvalue weighted by atomic mass is 32.2. The molecule has 3 nitrogen and oxygen atoms in total. The topological polar surface area (TPSA) is 54.4 Å². The van der Waals surface area contributed by atoms with Gasteiger partial charge in [0.15, 0.2) is 5.78 Å².